The van der Waals surface area contributed by atoms with Crippen LogP contribution in [0.2, 0.25) is 0 Å². The predicted octanol–water partition coefficient (Wildman–Crippen LogP) is 1.42. The van der Waals surface area contributed by atoms with Gasteiger partial charge in [-0.05, 0) is 28.8 Å². The predicted molar refractivity (Wildman–Crippen MR) is 75.1 cm³/mol. The first-order chi connectivity index (χ1) is 9.74. The first kappa shape index (κ1) is 12.9. The van der Waals surface area contributed by atoms with Gasteiger partial charge in [0.15, 0.2) is 0 Å². The Labute approximate surface area is 122 Å². The first-order valence-corrected chi connectivity index (χ1v) is 7.44. The van der Waals surface area contributed by atoms with Crippen LogP contribution in [0.1, 0.15) is 19.6 Å². The molecule has 0 spiro atoms. The fourth-order valence-electron chi connectivity index (χ4n) is 1.66. The van der Waals surface area contributed by atoms with Crippen molar-refractivity contribution < 1.29 is 4.79 Å². The summed E-state index contributed by atoms with van der Waals surface area (Å²) in [5.41, 5.74) is 0.679. The molecule has 9 heteroatoms. The molecule has 0 aliphatic carbocycles. The maximum atomic E-state index is 12.2. The normalized spacial score (nSPS) is 10.7. The van der Waals surface area contributed by atoms with Gasteiger partial charge in [-0.2, -0.15) is 4.68 Å². The Balaban J connectivity index is 1.73. The molecule has 1 N–H and O–H groups in total. The van der Waals surface area contributed by atoms with Crippen molar-refractivity contribution in [2.75, 3.05) is 0 Å². The maximum absolute atomic E-state index is 12.2. The van der Waals surface area contributed by atoms with Crippen LogP contribution >= 0.6 is 22.7 Å². The molecule has 0 bridgehead atoms. The topological polar surface area (TPSA) is 85.6 Å². The van der Waals surface area contributed by atoms with Crippen molar-refractivity contribution in [2.45, 2.75) is 13.5 Å². The smallest absolute Gasteiger partial charge is 0.263 e. The van der Waals surface area contributed by atoms with E-state index in [-0.39, 0.29) is 5.91 Å². The molecular formula is C11H10N6OS2. The standard InChI is InChI=1S/C11H10N6OS2/c1-7-12-4-8(20-7)5-13-11(18)10-9(2-3-19-10)17-6-14-15-16-17/h2-4,6H,5H2,1H3,(H,13,18). The summed E-state index contributed by atoms with van der Waals surface area (Å²) >= 11 is 2.92. The Morgan fingerprint density at radius 1 is 1.50 bits per heavy atom. The Bertz CT molecular complexity index is 717. The molecule has 7 nitrogen and oxygen atoms in total. The number of carbonyl (C=O) groups is 1. The fraction of sp³-hybridized carbons (Fsp3) is 0.182. The van der Waals surface area contributed by atoms with Gasteiger partial charge in [-0.25, -0.2) is 4.98 Å². The summed E-state index contributed by atoms with van der Waals surface area (Å²) in [7, 11) is 0. The minimum Gasteiger partial charge on any atom is -0.346 e. The monoisotopic (exact) mass is 306 g/mol. The number of nitrogens with zero attached hydrogens (tertiary/aromatic N) is 5. The van der Waals surface area contributed by atoms with Gasteiger partial charge in [0.25, 0.3) is 5.91 Å². The Hall–Kier alpha value is -2.13. The SMILES string of the molecule is Cc1ncc(CNC(=O)c2sccc2-n2cnnn2)s1. The quantitative estimate of drug-likeness (QED) is 0.788. The third kappa shape index (κ3) is 2.58. The highest BCUT2D eigenvalue weighted by atomic mass is 32.1. The van der Waals surface area contributed by atoms with E-state index in [2.05, 4.69) is 25.8 Å². The molecule has 0 aromatic carbocycles. The molecule has 20 heavy (non-hydrogen) atoms. The number of rotatable bonds is 4. The molecule has 3 aromatic heterocycles. The summed E-state index contributed by atoms with van der Waals surface area (Å²) in [4.78, 5) is 18.0. The largest absolute Gasteiger partial charge is 0.346 e. The van der Waals surface area contributed by atoms with E-state index >= 15 is 0 Å². The highest BCUT2D eigenvalue weighted by molar-refractivity contribution is 7.12. The first-order valence-electron chi connectivity index (χ1n) is 5.74. The van der Waals surface area contributed by atoms with Gasteiger partial charge in [0.1, 0.15) is 11.2 Å². The molecular weight excluding hydrogens is 296 g/mol. The molecule has 1 amide bonds. The van der Waals surface area contributed by atoms with E-state index in [0.717, 1.165) is 9.88 Å². The van der Waals surface area contributed by atoms with Gasteiger partial charge in [0.05, 0.1) is 17.2 Å². The summed E-state index contributed by atoms with van der Waals surface area (Å²) in [5.74, 6) is -0.142. The van der Waals surface area contributed by atoms with E-state index in [1.165, 1.54) is 22.3 Å². The van der Waals surface area contributed by atoms with Crippen molar-refractivity contribution in [1.29, 1.82) is 0 Å². The van der Waals surface area contributed by atoms with Gasteiger partial charge in [-0.3, -0.25) is 4.79 Å². The Morgan fingerprint density at radius 3 is 3.10 bits per heavy atom. The average molecular weight is 306 g/mol. The van der Waals surface area contributed by atoms with Crippen molar-refractivity contribution >= 4 is 28.6 Å². The second-order valence-corrected chi connectivity index (χ2v) is 6.15. The molecule has 0 aliphatic heterocycles. The number of aromatic nitrogens is 5. The molecule has 0 radical (unpaired) electrons. The zero-order valence-corrected chi connectivity index (χ0v) is 12.1. The van der Waals surface area contributed by atoms with Gasteiger partial charge in [0, 0.05) is 11.1 Å². The molecule has 0 aliphatic rings. The van der Waals surface area contributed by atoms with E-state index in [1.807, 2.05) is 18.4 Å². The average Bonchev–Trinajstić information content (AvgIpc) is 3.16. The van der Waals surface area contributed by atoms with Crippen LogP contribution in [0.15, 0.2) is 24.0 Å². The van der Waals surface area contributed by atoms with Crippen molar-refractivity contribution in [1.82, 2.24) is 30.5 Å². The van der Waals surface area contributed by atoms with Crippen molar-refractivity contribution in [3.05, 3.63) is 38.7 Å². The van der Waals surface area contributed by atoms with Crippen LogP contribution in [0.4, 0.5) is 0 Å². The fourth-order valence-corrected chi connectivity index (χ4v) is 3.19. The van der Waals surface area contributed by atoms with E-state index in [0.29, 0.717) is 17.1 Å². The number of amides is 1. The van der Waals surface area contributed by atoms with Gasteiger partial charge in [-0.1, -0.05) is 0 Å². The Morgan fingerprint density at radius 2 is 2.40 bits per heavy atom. The van der Waals surface area contributed by atoms with Crippen LogP contribution in [0.3, 0.4) is 0 Å². The summed E-state index contributed by atoms with van der Waals surface area (Å²) in [6.45, 7) is 2.41. The van der Waals surface area contributed by atoms with Crippen molar-refractivity contribution in [3.63, 3.8) is 0 Å². The summed E-state index contributed by atoms with van der Waals surface area (Å²) in [5, 5.41) is 16.6. The van der Waals surface area contributed by atoms with Crippen molar-refractivity contribution in [3.8, 4) is 5.69 Å². The lowest BCUT2D eigenvalue weighted by atomic mass is 10.3. The molecule has 0 fully saturated rings. The number of carbonyl (C=O) groups excluding carboxylic acids is 1. The summed E-state index contributed by atoms with van der Waals surface area (Å²) in [6, 6.07) is 1.81. The second kappa shape index (κ2) is 5.47. The number of hydrogen-bond acceptors (Lipinski definition) is 7. The molecule has 0 saturated carbocycles. The van der Waals surface area contributed by atoms with E-state index < -0.39 is 0 Å². The lowest BCUT2D eigenvalue weighted by molar-refractivity contribution is 0.0955. The van der Waals surface area contributed by atoms with E-state index in [4.69, 9.17) is 0 Å². The number of thiazole rings is 1. The molecule has 3 heterocycles. The number of thiophene rings is 1. The Kier molecular flexibility index (Phi) is 3.52. The lowest BCUT2D eigenvalue weighted by Crippen LogP contribution is -2.22. The highest BCUT2D eigenvalue weighted by Crippen LogP contribution is 2.20. The molecule has 3 aromatic rings. The van der Waals surface area contributed by atoms with Gasteiger partial charge >= 0.3 is 0 Å². The van der Waals surface area contributed by atoms with Crippen LogP contribution in [-0.2, 0) is 6.54 Å². The van der Waals surface area contributed by atoms with Gasteiger partial charge in [-0.15, -0.1) is 27.8 Å². The van der Waals surface area contributed by atoms with Gasteiger partial charge < -0.3 is 5.32 Å². The summed E-state index contributed by atoms with van der Waals surface area (Å²) in [6.07, 6.45) is 3.24. The number of hydrogen-bond donors (Lipinski definition) is 1. The van der Waals surface area contributed by atoms with Gasteiger partial charge in [0.2, 0.25) is 0 Å². The number of aryl methyl sites for hydroxylation is 1. The number of tetrazole rings is 1. The van der Waals surface area contributed by atoms with Crippen LogP contribution < -0.4 is 5.32 Å². The molecule has 0 atom stereocenters. The zero-order chi connectivity index (χ0) is 13.9. The molecule has 102 valence electrons. The number of nitrogens with one attached hydrogen (secondary N) is 1. The van der Waals surface area contributed by atoms with Crippen LogP contribution in [0.5, 0.6) is 0 Å². The third-order valence-electron chi connectivity index (χ3n) is 2.54. The van der Waals surface area contributed by atoms with Crippen LogP contribution in [0.25, 0.3) is 5.69 Å². The zero-order valence-electron chi connectivity index (χ0n) is 10.5. The molecule has 3 rings (SSSR count). The van der Waals surface area contributed by atoms with Crippen LogP contribution in [0, 0.1) is 6.92 Å². The van der Waals surface area contributed by atoms with E-state index in [1.54, 1.807) is 17.5 Å². The lowest BCUT2D eigenvalue weighted by Gasteiger charge is -2.03. The molecule has 0 saturated heterocycles. The third-order valence-corrected chi connectivity index (χ3v) is 4.35. The van der Waals surface area contributed by atoms with Crippen LogP contribution in [-0.4, -0.2) is 31.1 Å². The summed E-state index contributed by atoms with van der Waals surface area (Å²) < 4.78 is 1.47. The highest BCUT2D eigenvalue weighted by Gasteiger charge is 2.15. The minimum atomic E-state index is -0.142. The second-order valence-electron chi connectivity index (χ2n) is 3.92. The maximum Gasteiger partial charge on any atom is 0.263 e. The molecule has 0 unspecified atom stereocenters. The van der Waals surface area contributed by atoms with Crippen molar-refractivity contribution in [2.24, 2.45) is 0 Å². The minimum absolute atomic E-state index is 0.142. The van der Waals surface area contributed by atoms with E-state index in [9.17, 15) is 4.79 Å².